The lowest BCUT2D eigenvalue weighted by atomic mass is 9.92. The van der Waals surface area contributed by atoms with Gasteiger partial charge in [0, 0.05) is 12.8 Å². The number of methoxy groups -OCH3 is 1. The van der Waals surface area contributed by atoms with Gasteiger partial charge in [0.05, 0.1) is 32.3 Å². The van der Waals surface area contributed by atoms with Crippen LogP contribution in [0.2, 0.25) is 0 Å². The van der Waals surface area contributed by atoms with Crippen molar-refractivity contribution in [2.45, 2.75) is 44.3 Å². The molecular weight excluding hydrogens is 284 g/mol. The van der Waals surface area contributed by atoms with Crippen molar-refractivity contribution in [2.75, 3.05) is 13.7 Å². The molecule has 0 aliphatic carbocycles. The van der Waals surface area contributed by atoms with Crippen LogP contribution < -0.4 is 4.74 Å². The fraction of sp³-hybridized carbons (Fsp3) is 0.529. The Hall–Kier alpha value is -1.88. The van der Waals surface area contributed by atoms with Crippen LogP contribution in [0.1, 0.15) is 42.9 Å². The lowest BCUT2D eigenvalue weighted by Gasteiger charge is -2.30. The summed E-state index contributed by atoms with van der Waals surface area (Å²) in [6, 6.07) is 5.83. The number of aryl methyl sites for hydroxylation is 1. The van der Waals surface area contributed by atoms with Crippen molar-refractivity contribution in [2.24, 2.45) is 0 Å². The maximum absolute atomic E-state index is 12.0. The van der Waals surface area contributed by atoms with E-state index in [1.165, 1.54) is 0 Å². The predicted molar refractivity (Wildman–Crippen MR) is 78.7 cm³/mol. The Labute approximate surface area is 129 Å². The largest absolute Gasteiger partial charge is 0.497 e. The van der Waals surface area contributed by atoms with Crippen LogP contribution in [-0.4, -0.2) is 31.6 Å². The van der Waals surface area contributed by atoms with Crippen LogP contribution in [-0.2, 0) is 25.5 Å². The smallest absolute Gasteiger partial charge is 0.308 e. The van der Waals surface area contributed by atoms with Gasteiger partial charge in [-0.2, -0.15) is 0 Å². The second-order valence-electron chi connectivity index (χ2n) is 5.79. The molecule has 0 aromatic heterocycles. The highest BCUT2D eigenvalue weighted by Crippen LogP contribution is 2.35. The molecule has 2 heterocycles. The van der Waals surface area contributed by atoms with E-state index in [-0.39, 0.29) is 36.8 Å². The molecule has 1 aromatic carbocycles. The van der Waals surface area contributed by atoms with Gasteiger partial charge in [-0.15, -0.1) is 0 Å². The van der Waals surface area contributed by atoms with Crippen molar-refractivity contribution >= 4 is 11.8 Å². The fourth-order valence-electron chi connectivity index (χ4n) is 3.11. The predicted octanol–water partition coefficient (Wildman–Crippen LogP) is 2.36. The summed E-state index contributed by atoms with van der Waals surface area (Å²) in [5.41, 5.74) is 2.11. The van der Waals surface area contributed by atoms with E-state index >= 15 is 0 Å². The average molecular weight is 304 g/mol. The summed E-state index contributed by atoms with van der Waals surface area (Å²) in [4.78, 5) is 23.8. The van der Waals surface area contributed by atoms with E-state index in [0.717, 1.165) is 29.7 Å². The van der Waals surface area contributed by atoms with Gasteiger partial charge in [-0.25, -0.2) is 0 Å². The quantitative estimate of drug-likeness (QED) is 0.745. The van der Waals surface area contributed by atoms with Gasteiger partial charge in [0.15, 0.2) is 0 Å². The molecule has 1 saturated heterocycles. The topological polar surface area (TPSA) is 61.8 Å². The number of hydrogen-bond acceptors (Lipinski definition) is 5. The number of esters is 1. The molecule has 2 atom stereocenters. The summed E-state index contributed by atoms with van der Waals surface area (Å²) in [5, 5.41) is 0. The molecule has 0 spiro atoms. The second kappa shape index (κ2) is 6.48. The summed E-state index contributed by atoms with van der Waals surface area (Å²) in [5.74, 6) is 0.626. The maximum Gasteiger partial charge on any atom is 0.308 e. The van der Waals surface area contributed by atoms with Crippen LogP contribution in [0.25, 0.3) is 0 Å². The number of fused-ring (bicyclic) bond motifs is 4. The Morgan fingerprint density at radius 1 is 1.18 bits per heavy atom. The van der Waals surface area contributed by atoms with Gasteiger partial charge in [0.1, 0.15) is 11.5 Å². The molecule has 0 radical (unpaired) electrons. The van der Waals surface area contributed by atoms with Crippen molar-refractivity contribution in [3.8, 4) is 5.75 Å². The van der Waals surface area contributed by atoms with E-state index in [2.05, 4.69) is 0 Å². The molecule has 22 heavy (non-hydrogen) atoms. The Morgan fingerprint density at radius 3 is 2.86 bits per heavy atom. The number of ether oxygens (including phenoxy) is 3. The summed E-state index contributed by atoms with van der Waals surface area (Å²) < 4.78 is 16.5. The van der Waals surface area contributed by atoms with E-state index in [9.17, 15) is 9.59 Å². The van der Waals surface area contributed by atoms with Gasteiger partial charge < -0.3 is 14.2 Å². The first kappa shape index (κ1) is 15.0. The molecule has 2 bridgehead atoms. The van der Waals surface area contributed by atoms with Gasteiger partial charge in [0.25, 0.3) is 0 Å². The van der Waals surface area contributed by atoms with Gasteiger partial charge in [0.2, 0.25) is 0 Å². The Bertz CT molecular complexity index is 580. The zero-order valence-electron chi connectivity index (χ0n) is 12.7. The summed E-state index contributed by atoms with van der Waals surface area (Å²) in [6.07, 6.45) is 1.65. The van der Waals surface area contributed by atoms with Gasteiger partial charge in [-0.3, -0.25) is 9.59 Å². The van der Waals surface area contributed by atoms with Gasteiger partial charge in [-0.1, -0.05) is 6.07 Å². The molecule has 3 rings (SSSR count). The van der Waals surface area contributed by atoms with Crippen LogP contribution in [0, 0.1) is 0 Å². The molecule has 5 heteroatoms. The number of ketones is 1. The molecule has 5 nitrogen and oxygen atoms in total. The molecule has 2 aliphatic rings. The van der Waals surface area contributed by atoms with E-state index in [1.807, 2.05) is 18.2 Å². The average Bonchev–Trinajstić information content (AvgIpc) is 2.51. The molecule has 0 unspecified atom stereocenters. The number of cyclic esters (lactones) is 1. The first-order chi connectivity index (χ1) is 10.7. The van der Waals surface area contributed by atoms with E-state index < -0.39 is 0 Å². The van der Waals surface area contributed by atoms with Crippen LogP contribution in [0.3, 0.4) is 0 Å². The van der Waals surface area contributed by atoms with E-state index in [4.69, 9.17) is 14.2 Å². The normalized spacial score (nSPS) is 25.7. The zero-order valence-corrected chi connectivity index (χ0v) is 12.7. The van der Waals surface area contributed by atoms with E-state index in [1.54, 1.807) is 7.11 Å². The zero-order chi connectivity index (χ0) is 15.5. The van der Waals surface area contributed by atoms with Gasteiger partial charge >= 0.3 is 5.97 Å². The minimum Gasteiger partial charge on any atom is -0.497 e. The molecule has 0 N–H and O–H groups in total. The maximum atomic E-state index is 12.0. The van der Waals surface area contributed by atoms with Crippen molar-refractivity contribution in [1.82, 2.24) is 0 Å². The second-order valence-corrected chi connectivity index (χ2v) is 5.79. The van der Waals surface area contributed by atoms with E-state index in [0.29, 0.717) is 13.0 Å². The number of Topliss-reactive ketones (excluding diaryl/α,β-unsaturated/α-hetero) is 1. The third-order valence-corrected chi connectivity index (χ3v) is 4.17. The SMILES string of the molecule is COc1ccc2c(c1)CCCOC(=O)C[C@H]1CC(=O)C[C@@H]2O1. The molecule has 0 amide bonds. The summed E-state index contributed by atoms with van der Waals surface area (Å²) >= 11 is 0. The van der Waals surface area contributed by atoms with Crippen molar-refractivity contribution in [1.29, 1.82) is 0 Å². The molecule has 2 aliphatic heterocycles. The first-order valence-electron chi connectivity index (χ1n) is 7.65. The van der Waals surface area contributed by atoms with Crippen molar-refractivity contribution in [3.63, 3.8) is 0 Å². The fourth-order valence-corrected chi connectivity index (χ4v) is 3.11. The lowest BCUT2D eigenvalue weighted by Crippen LogP contribution is -2.31. The first-order valence-corrected chi connectivity index (χ1v) is 7.65. The molecule has 118 valence electrons. The minimum absolute atomic E-state index is 0.134. The Balaban J connectivity index is 1.95. The van der Waals surface area contributed by atoms with Crippen LogP contribution in [0.5, 0.6) is 5.75 Å². The van der Waals surface area contributed by atoms with Crippen LogP contribution in [0.4, 0.5) is 0 Å². The number of carbonyl (C=O) groups excluding carboxylic acids is 2. The number of rotatable bonds is 1. The lowest BCUT2D eigenvalue weighted by molar-refractivity contribution is -0.152. The highest BCUT2D eigenvalue weighted by Gasteiger charge is 2.32. The molecule has 1 fully saturated rings. The summed E-state index contributed by atoms with van der Waals surface area (Å²) in [7, 11) is 1.63. The van der Waals surface area contributed by atoms with Crippen LogP contribution in [0.15, 0.2) is 18.2 Å². The minimum atomic E-state index is -0.383. The number of carbonyl (C=O) groups is 2. The summed E-state index contributed by atoms with van der Waals surface area (Å²) in [6.45, 7) is 0.390. The highest BCUT2D eigenvalue weighted by atomic mass is 16.5. The van der Waals surface area contributed by atoms with Crippen molar-refractivity contribution in [3.05, 3.63) is 29.3 Å². The standard InChI is InChI=1S/C17H20O5/c1-20-13-4-5-15-11(7-13)3-2-6-21-17(19)10-14-8-12(18)9-16(15)22-14/h4-5,7,14,16H,2-3,6,8-10H2,1H3/t14-,16+/m1/s1. The molecule has 1 aromatic rings. The number of hydrogen-bond donors (Lipinski definition) is 0. The monoisotopic (exact) mass is 304 g/mol. The third kappa shape index (κ3) is 3.30. The molecular formula is C17H20O5. The Morgan fingerprint density at radius 2 is 2.05 bits per heavy atom. The van der Waals surface area contributed by atoms with Gasteiger partial charge in [-0.05, 0) is 36.1 Å². The Kier molecular flexibility index (Phi) is 4.43. The molecule has 0 saturated carbocycles. The third-order valence-electron chi connectivity index (χ3n) is 4.17. The van der Waals surface area contributed by atoms with Crippen molar-refractivity contribution < 1.29 is 23.8 Å². The van der Waals surface area contributed by atoms with Crippen LogP contribution >= 0.6 is 0 Å². The highest BCUT2D eigenvalue weighted by molar-refractivity contribution is 5.81. The number of benzene rings is 1.